The van der Waals surface area contributed by atoms with E-state index in [2.05, 4.69) is 0 Å². The van der Waals surface area contributed by atoms with E-state index in [0.29, 0.717) is 6.61 Å². The number of aliphatic hydroxyl groups excluding tert-OH is 1. The Morgan fingerprint density at radius 3 is 2.62 bits per heavy atom. The number of aliphatic hydroxyl groups is 1. The summed E-state index contributed by atoms with van der Waals surface area (Å²) >= 11 is 0. The molecule has 1 fully saturated rings. The summed E-state index contributed by atoms with van der Waals surface area (Å²) in [5.41, 5.74) is 0. The van der Waals surface area contributed by atoms with Crippen molar-refractivity contribution in [2.24, 2.45) is 0 Å². The van der Waals surface area contributed by atoms with Crippen molar-refractivity contribution < 1.29 is 19.3 Å². The second-order valence-electron chi connectivity index (χ2n) is 3.84. The average molecular weight is 186 g/mol. The van der Waals surface area contributed by atoms with Gasteiger partial charge >= 0.3 is 0 Å². The van der Waals surface area contributed by atoms with Gasteiger partial charge < -0.3 is 19.3 Å². The lowest BCUT2D eigenvalue weighted by molar-refractivity contribution is -0.238. The Labute approximate surface area is 77.1 Å². The molecule has 4 nitrogen and oxygen atoms in total. The Bertz CT molecular complexity index is 236. The van der Waals surface area contributed by atoms with Crippen LogP contribution in [0.1, 0.15) is 13.8 Å². The summed E-state index contributed by atoms with van der Waals surface area (Å²) in [5, 5.41) is 9.17. The van der Waals surface area contributed by atoms with Crippen molar-refractivity contribution in [1.29, 1.82) is 0 Å². The van der Waals surface area contributed by atoms with Gasteiger partial charge in [0.25, 0.3) is 0 Å². The van der Waals surface area contributed by atoms with Crippen LogP contribution in [0.4, 0.5) is 0 Å². The Kier molecular flexibility index (Phi) is 1.96. The Morgan fingerprint density at radius 2 is 2.15 bits per heavy atom. The van der Waals surface area contributed by atoms with Crippen molar-refractivity contribution in [3.8, 4) is 0 Å². The molecule has 13 heavy (non-hydrogen) atoms. The van der Waals surface area contributed by atoms with E-state index in [9.17, 15) is 5.11 Å². The highest BCUT2D eigenvalue weighted by Crippen LogP contribution is 2.34. The van der Waals surface area contributed by atoms with Gasteiger partial charge in [-0.05, 0) is 19.9 Å². The van der Waals surface area contributed by atoms with Crippen molar-refractivity contribution in [1.82, 2.24) is 0 Å². The fourth-order valence-corrected chi connectivity index (χ4v) is 1.49. The molecule has 0 aromatic carbocycles. The van der Waals surface area contributed by atoms with Gasteiger partial charge in [-0.2, -0.15) is 0 Å². The maximum absolute atomic E-state index is 9.17. The van der Waals surface area contributed by atoms with Crippen molar-refractivity contribution in [2.75, 3.05) is 13.2 Å². The van der Waals surface area contributed by atoms with Crippen LogP contribution in [-0.4, -0.2) is 36.0 Å². The molecule has 2 aliphatic rings. The van der Waals surface area contributed by atoms with E-state index in [0.717, 1.165) is 0 Å². The highest BCUT2D eigenvalue weighted by Gasteiger charge is 2.46. The van der Waals surface area contributed by atoms with Crippen molar-refractivity contribution in [2.45, 2.75) is 31.5 Å². The summed E-state index contributed by atoms with van der Waals surface area (Å²) in [6, 6.07) is 0. The fourth-order valence-electron chi connectivity index (χ4n) is 1.49. The van der Waals surface area contributed by atoms with Gasteiger partial charge in [0.15, 0.2) is 5.79 Å². The zero-order valence-electron chi connectivity index (χ0n) is 7.82. The molecule has 2 heterocycles. The summed E-state index contributed by atoms with van der Waals surface area (Å²) in [5.74, 6) is -1.38. The molecule has 1 spiro atoms. The lowest BCUT2D eigenvalue weighted by atomic mass is 10.2. The number of hydrogen-bond donors (Lipinski definition) is 1. The first-order valence-electron chi connectivity index (χ1n) is 4.37. The van der Waals surface area contributed by atoms with Gasteiger partial charge in [0.05, 0.1) is 12.7 Å². The summed E-state index contributed by atoms with van der Waals surface area (Å²) < 4.78 is 16.4. The van der Waals surface area contributed by atoms with Crippen LogP contribution in [0, 0.1) is 0 Å². The van der Waals surface area contributed by atoms with Gasteiger partial charge in [-0.3, -0.25) is 0 Å². The molecule has 2 unspecified atom stereocenters. The molecule has 2 aliphatic heterocycles. The standard InChI is InChI=1S/C9H14O4/c1-8(2)12-6-9(13-8)4-3-7(10)5-11-9/h3-4,7,10H,5-6H2,1-2H3. The summed E-state index contributed by atoms with van der Waals surface area (Å²) in [6.07, 6.45) is 2.86. The molecule has 0 aromatic heterocycles. The van der Waals surface area contributed by atoms with Gasteiger partial charge in [0.2, 0.25) is 5.79 Å². The first-order valence-corrected chi connectivity index (χ1v) is 4.37. The predicted molar refractivity (Wildman–Crippen MR) is 44.9 cm³/mol. The zero-order chi connectivity index (χ0) is 9.53. The van der Waals surface area contributed by atoms with Crippen LogP contribution in [0.25, 0.3) is 0 Å². The molecule has 0 aliphatic carbocycles. The number of ether oxygens (including phenoxy) is 3. The lowest BCUT2D eigenvalue weighted by Gasteiger charge is -2.30. The average Bonchev–Trinajstić information content (AvgIpc) is 2.35. The third-order valence-corrected chi connectivity index (χ3v) is 2.11. The van der Waals surface area contributed by atoms with E-state index in [1.54, 1.807) is 12.2 Å². The van der Waals surface area contributed by atoms with Crippen LogP contribution in [0.3, 0.4) is 0 Å². The van der Waals surface area contributed by atoms with Crippen LogP contribution >= 0.6 is 0 Å². The lowest BCUT2D eigenvalue weighted by Crippen LogP contribution is -2.40. The van der Waals surface area contributed by atoms with Crippen LogP contribution in [0.2, 0.25) is 0 Å². The zero-order valence-corrected chi connectivity index (χ0v) is 7.82. The predicted octanol–water partition coefficient (Wildman–Crippen LogP) is 0.413. The minimum atomic E-state index is -0.775. The van der Waals surface area contributed by atoms with Gasteiger partial charge in [-0.25, -0.2) is 0 Å². The summed E-state index contributed by atoms with van der Waals surface area (Å²) in [7, 11) is 0. The van der Waals surface area contributed by atoms with Crippen molar-refractivity contribution in [3.63, 3.8) is 0 Å². The van der Waals surface area contributed by atoms with E-state index >= 15 is 0 Å². The summed E-state index contributed by atoms with van der Waals surface area (Å²) in [4.78, 5) is 0. The molecular weight excluding hydrogens is 172 g/mol. The maximum Gasteiger partial charge on any atom is 0.215 e. The third-order valence-electron chi connectivity index (χ3n) is 2.11. The molecule has 74 valence electrons. The molecule has 0 bridgehead atoms. The molecule has 1 saturated heterocycles. The SMILES string of the molecule is CC1(C)OCC2(C=CC(O)CO2)O1. The van der Waals surface area contributed by atoms with Crippen molar-refractivity contribution in [3.05, 3.63) is 12.2 Å². The van der Waals surface area contributed by atoms with Gasteiger partial charge in [-0.1, -0.05) is 6.08 Å². The second kappa shape index (κ2) is 2.78. The largest absolute Gasteiger partial charge is 0.387 e. The monoisotopic (exact) mass is 186 g/mol. The van der Waals surface area contributed by atoms with Crippen LogP contribution in [-0.2, 0) is 14.2 Å². The third kappa shape index (κ3) is 1.76. The topological polar surface area (TPSA) is 47.9 Å². The molecule has 2 rings (SSSR count). The van der Waals surface area contributed by atoms with E-state index in [1.165, 1.54) is 0 Å². The molecule has 0 amide bonds. The highest BCUT2D eigenvalue weighted by atomic mass is 16.8. The highest BCUT2D eigenvalue weighted by molar-refractivity contribution is 5.06. The minimum absolute atomic E-state index is 0.260. The van der Waals surface area contributed by atoms with Crippen molar-refractivity contribution >= 4 is 0 Å². The molecule has 0 saturated carbocycles. The Hall–Kier alpha value is -0.420. The molecular formula is C9H14O4. The first-order chi connectivity index (χ1) is 6.02. The van der Waals surface area contributed by atoms with Crippen LogP contribution in [0.15, 0.2) is 12.2 Å². The second-order valence-corrected chi connectivity index (χ2v) is 3.84. The fraction of sp³-hybridized carbons (Fsp3) is 0.778. The normalized spacial score (nSPS) is 42.8. The van der Waals surface area contributed by atoms with Gasteiger partial charge in [0.1, 0.15) is 6.61 Å². The number of hydrogen-bond acceptors (Lipinski definition) is 4. The van der Waals surface area contributed by atoms with E-state index < -0.39 is 17.7 Å². The maximum atomic E-state index is 9.17. The van der Waals surface area contributed by atoms with Gasteiger partial charge in [0, 0.05) is 0 Å². The van der Waals surface area contributed by atoms with Crippen LogP contribution < -0.4 is 0 Å². The molecule has 2 atom stereocenters. The smallest absolute Gasteiger partial charge is 0.215 e. The molecule has 4 heteroatoms. The summed E-state index contributed by atoms with van der Waals surface area (Å²) in [6.45, 7) is 4.31. The van der Waals surface area contributed by atoms with Gasteiger partial charge in [-0.15, -0.1) is 0 Å². The Balaban J connectivity index is 2.12. The number of rotatable bonds is 0. The molecule has 0 radical (unpaired) electrons. The van der Waals surface area contributed by atoms with E-state index in [4.69, 9.17) is 14.2 Å². The van der Waals surface area contributed by atoms with E-state index in [1.807, 2.05) is 13.8 Å². The molecule has 1 N–H and O–H groups in total. The minimum Gasteiger partial charge on any atom is -0.387 e. The van der Waals surface area contributed by atoms with E-state index in [-0.39, 0.29) is 6.61 Å². The molecule has 0 aromatic rings. The quantitative estimate of drug-likeness (QED) is 0.557. The Morgan fingerprint density at radius 1 is 1.38 bits per heavy atom. The first kappa shape index (κ1) is 9.15. The van der Waals surface area contributed by atoms with Crippen LogP contribution in [0.5, 0.6) is 0 Å².